The van der Waals surface area contributed by atoms with Crippen LogP contribution >= 0.6 is 15.9 Å². The smallest absolute Gasteiger partial charge is 0.129 e. The van der Waals surface area contributed by atoms with Gasteiger partial charge in [-0.15, -0.1) is 0 Å². The third kappa shape index (κ3) is 3.74. The fraction of sp³-hybridized carbons (Fsp3) is 0.250. The summed E-state index contributed by atoms with van der Waals surface area (Å²) in [7, 11) is 4.02. The fourth-order valence-corrected chi connectivity index (χ4v) is 2.47. The molecule has 0 aliphatic rings. The minimum Gasteiger partial charge on any atom is -0.457 e. The van der Waals surface area contributed by atoms with E-state index in [0.717, 1.165) is 28.1 Å². The summed E-state index contributed by atoms with van der Waals surface area (Å²) < 4.78 is 6.93. The number of nitrogens with zero attached hydrogens (tertiary/aromatic N) is 1. The molecule has 20 heavy (non-hydrogen) atoms. The van der Waals surface area contributed by atoms with E-state index in [1.54, 1.807) is 0 Å². The monoisotopic (exact) mass is 334 g/mol. The molecule has 0 unspecified atom stereocenters. The summed E-state index contributed by atoms with van der Waals surface area (Å²) in [6.45, 7) is 0.643. The van der Waals surface area contributed by atoms with Gasteiger partial charge in [-0.2, -0.15) is 0 Å². The van der Waals surface area contributed by atoms with E-state index >= 15 is 0 Å². The lowest BCUT2D eigenvalue weighted by Gasteiger charge is -2.14. The molecular weight excluding hydrogens is 316 g/mol. The van der Waals surface area contributed by atoms with Crippen molar-refractivity contribution >= 4 is 21.6 Å². The fourth-order valence-electron chi connectivity index (χ4n) is 1.91. The van der Waals surface area contributed by atoms with Gasteiger partial charge < -0.3 is 15.4 Å². The van der Waals surface area contributed by atoms with Crippen molar-refractivity contribution in [3.63, 3.8) is 0 Å². The van der Waals surface area contributed by atoms with Crippen molar-refractivity contribution in [3.8, 4) is 11.5 Å². The van der Waals surface area contributed by atoms with E-state index in [9.17, 15) is 0 Å². The molecule has 0 aromatic heterocycles. The molecule has 0 bridgehead atoms. The number of hydrogen-bond donors (Lipinski definition) is 1. The molecule has 0 aliphatic heterocycles. The van der Waals surface area contributed by atoms with Crippen LogP contribution in [-0.4, -0.2) is 20.6 Å². The van der Waals surface area contributed by atoms with Crippen LogP contribution in [0.1, 0.15) is 5.56 Å². The largest absolute Gasteiger partial charge is 0.457 e. The molecular formula is C16H19BrN2O. The predicted molar refractivity (Wildman–Crippen MR) is 87.7 cm³/mol. The van der Waals surface area contributed by atoms with E-state index < -0.39 is 0 Å². The number of rotatable bonds is 5. The highest BCUT2D eigenvalue weighted by Gasteiger charge is 2.04. The molecule has 0 saturated heterocycles. The Morgan fingerprint density at radius 1 is 1.10 bits per heavy atom. The van der Waals surface area contributed by atoms with Crippen LogP contribution in [0, 0.1) is 0 Å². The van der Waals surface area contributed by atoms with E-state index in [-0.39, 0.29) is 0 Å². The third-order valence-corrected chi connectivity index (χ3v) is 3.75. The number of benzene rings is 2. The second kappa shape index (κ2) is 6.77. The molecule has 2 aromatic carbocycles. The zero-order valence-electron chi connectivity index (χ0n) is 11.8. The lowest BCUT2D eigenvalue weighted by molar-refractivity contribution is 0.482. The first-order valence-electron chi connectivity index (χ1n) is 6.54. The minimum absolute atomic E-state index is 0.643. The summed E-state index contributed by atoms with van der Waals surface area (Å²) in [4.78, 5) is 2.05. The predicted octanol–water partition coefficient (Wildman–Crippen LogP) is 3.81. The maximum Gasteiger partial charge on any atom is 0.129 e. The molecule has 2 rings (SSSR count). The molecule has 0 heterocycles. The van der Waals surface area contributed by atoms with Gasteiger partial charge in [0, 0.05) is 30.3 Å². The lowest BCUT2D eigenvalue weighted by atomic mass is 10.1. The van der Waals surface area contributed by atoms with Crippen LogP contribution in [0.25, 0.3) is 0 Å². The van der Waals surface area contributed by atoms with Crippen LogP contribution in [0.15, 0.2) is 46.9 Å². The maximum absolute atomic E-state index is 5.90. The van der Waals surface area contributed by atoms with Crippen molar-refractivity contribution in [2.45, 2.75) is 6.42 Å². The summed E-state index contributed by atoms with van der Waals surface area (Å²) in [6, 6.07) is 14.0. The van der Waals surface area contributed by atoms with Crippen LogP contribution in [0.2, 0.25) is 0 Å². The van der Waals surface area contributed by atoms with Crippen LogP contribution in [0.4, 0.5) is 5.69 Å². The van der Waals surface area contributed by atoms with Crippen LogP contribution in [0.5, 0.6) is 11.5 Å². The summed E-state index contributed by atoms with van der Waals surface area (Å²) in [5.41, 5.74) is 7.89. The van der Waals surface area contributed by atoms with E-state index in [2.05, 4.69) is 15.9 Å². The zero-order valence-corrected chi connectivity index (χ0v) is 13.4. The SMILES string of the molecule is CN(C)c1cccc(Oc2ccc(CCN)c(Br)c2)c1. The molecule has 0 saturated carbocycles. The Kier molecular flexibility index (Phi) is 5.04. The summed E-state index contributed by atoms with van der Waals surface area (Å²) in [5.74, 6) is 1.64. The van der Waals surface area contributed by atoms with Gasteiger partial charge in [0.15, 0.2) is 0 Å². The van der Waals surface area contributed by atoms with E-state index in [1.807, 2.05) is 61.5 Å². The highest BCUT2D eigenvalue weighted by Crippen LogP contribution is 2.29. The van der Waals surface area contributed by atoms with Gasteiger partial charge >= 0.3 is 0 Å². The molecule has 0 radical (unpaired) electrons. The van der Waals surface area contributed by atoms with Crippen LogP contribution in [-0.2, 0) is 6.42 Å². The van der Waals surface area contributed by atoms with Crippen molar-refractivity contribution in [1.82, 2.24) is 0 Å². The Balaban J connectivity index is 2.17. The molecule has 0 spiro atoms. The van der Waals surface area contributed by atoms with E-state index in [1.165, 1.54) is 5.56 Å². The van der Waals surface area contributed by atoms with Gasteiger partial charge in [-0.1, -0.05) is 28.1 Å². The number of hydrogen-bond acceptors (Lipinski definition) is 3. The zero-order chi connectivity index (χ0) is 14.5. The molecule has 0 atom stereocenters. The minimum atomic E-state index is 0.643. The van der Waals surface area contributed by atoms with Crippen LogP contribution < -0.4 is 15.4 Å². The van der Waals surface area contributed by atoms with Gasteiger partial charge in [0.25, 0.3) is 0 Å². The third-order valence-electron chi connectivity index (χ3n) is 3.01. The van der Waals surface area contributed by atoms with E-state index in [4.69, 9.17) is 10.5 Å². The first-order valence-corrected chi connectivity index (χ1v) is 7.33. The average Bonchev–Trinajstić information content (AvgIpc) is 2.42. The molecule has 0 aliphatic carbocycles. The van der Waals surface area contributed by atoms with Gasteiger partial charge in [-0.25, -0.2) is 0 Å². The average molecular weight is 335 g/mol. The maximum atomic E-state index is 5.90. The summed E-state index contributed by atoms with van der Waals surface area (Å²) >= 11 is 3.56. The second-order valence-electron chi connectivity index (χ2n) is 4.79. The summed E-state index contributed by atoms with van der Waals surface area (Å²) in [6.07, 6.45) is 0.858. The number of nitrogens with two attached hydrogens (primary N) is 1. The molecule has 3 nitrogen and oxygen atoms in total. The number of anilines is 1. The first kappa shape index (κ1) is 14.9. The second-order valence-corrected chi connectivity index (χ2v) is 5.64. The molecule has 0 amide bonds. The Bertz CT molecular complexity index is 584. The molecule has 106 valence electrons. The number of halogens is 1. The highest BCUT2D eigenvalue weighted by atomic mass is 79.9. The normalized spacial score (nSPS) is 10.4. The van der Waals surface area contributed by atoms with Gasteiger partial charge in [0.1, 0.15) is 11.5 Å². The quantitative estimate of drug-likeness (QED) is 0.903. The Hall–Kier alpha value is -1.52. The highest BCUT2D eigenvalue weighted by molar-refractivity contribution is 9.10. The molecule has 2 aromatic rings. The van der Waals surface area contributed by atoms with E-state index in [0.29, 0.717) is 6.54 Å². The Morgan fingerprint density at radius 3 is 2.50 bits per heavy atom. The topological polar surface area (TPSA) is 38.5 Å². The molecule has 4 heteroatoms. The number of ether oxygens (including phenoxy) is 1. The standard InChI is InChI=1S/C16H19BrN2O/c1-19(2)13-4-3-5-14(10-13)20-15-7-6-12(8-9-18)16(17)11-15/h3-7,10-11H,8-9,18H2,1-2H3. The van der Waals surface area contributed by atoms with Crippen molar-refractivity contribution in [2.75, 3.05) is 25.5 Å². The van der Waals surface area contributed by atoms with Crippen molar-refractivity contribution in [3.05, 3.63) is 52.5 Å². The molecule has 0 fully saturated rings. The van der Waals surface area contributed by atoms with Crippen molar-refractivity contribution < 1.29 is 4.74 Å². The van der Waals surface area contributed by atoms with Crippen molar-refractivity contribution in [1.29, 1.82) is 0 Å². The Morgan fingerprint density at radius 2 is 1.85 bits per heavy atom. The lowest BCUT2D eigenvalue weighted by Crippen LogP contribution is -2.08. The van der Waals surface area contributed by atoms with Gasteiger partial charge in [-0.3, -0.25) is 0 Å². The Labute approximate surface area is 128 Å². The van der Waals surface area contributed by atoms with Gasteiger partial charge in [0.05, 0.1) is 0 Å². The van der Waals surface area contributed by atoms with Gasteiger partial charge in [-0.05, 0) is 42.8 Å². The first-order chi connectivity index (χ1) is 9.60. The van der Waals surface area contributed by atoms with Gasteiger partial charge in [0.2, 0.25) is 0 Å². The summed E-state index contributed by atoms with van der Waals surface area (Å²) in [5, 5.41) is 0. The van der Waals surface area contributed by atoms with Crippen LogP contribution in [0.3, 0.4) is 0 Å². The molecule has 2 N–H and O–H groups in total. The van der Waals surface area contributed by atoms with Crippen molar-refractivity contribution in [2.24, 2.45) is 5.73 Å².